The molecule has 0 aliphatic carbocycles. The Labute approximate surface area is 169 Å². The zero-order chi connectivity index (χ0) is 19.4. The Balaban J connectivity index is 1.79. The Kier molecular flexibility index (Phi) is 6.09. The van der Waals surface area contributed by atoms with Crippen LogP contribution in [-0.2, 0) is 6.54 Å². The summed E-state index contributed by atoms with van der Waals surface area (Å²) >= 11 is 12.1. The van der Waals surface area contributed by atoms with Crippen molar-refractivity contribution >= 4 is 29.4 Å². The van der Waals surface area contributed by atoms with Gasteiger partial charge in [0.1, 0.15) is 5.75 Å². The molecule has 1 heterocycles. The molecule has 3 aromatic rings. The van der Waals surface area contributed by atoms with E-state index in [2.05, 4.69) is 21.2 Å². The van der Waals surface area contributed by atoms with Gasteiger partial charge in [-0.05, 0) is 55.8 Å². The van der Waals surface area contributed by atoms with E-state index in [1.807, 2.05) is 62.5 Å². The number of rotatable bonds is 6. The van der Waals surface area contributed by atoms with Gasteiger partial charge in [-0.15, -0.1) is 0 Å². The minimum atomic E-state index is 0.633. The number of methoxy groups -OCH3 is 1. The number of nitrogens with zero attached hydrogens (tertiary/aromatic N) is 2. The first-order valence-corrected chi connectivity index (χ1v) is 9.28. The third-order valence-corrected chi connectivity index (χ3v) is 4.83. The summed E-state index contributed by atoms with van der Waals surface area (Å²) < 4.78 is 7.61. The molecule has 1 N–H and O–H groups in total. The fourth-order valence-electron chi connectivity index (χ4n) is 2.98. The van der Waals surface area contributed by atoms with Crippen LogP contribution in [0.2, 0.25) is 10.0 Å². The van der Waals surface area contributed by atoms with E-state index in [0.29, 0.717) is 11.6 Å². The van der Waals surface area contributed by atoms with Crippen molar-refractivity contribution in [2.24, 2.45) is 5.10 Å². The number of ether oxygens (including phenoxy) is 1. The minimum absolute atomic E-state index is 0.633. The van der Waals surface area contributed by atoms with Gasteiger partial charge in [-0.2, -0.15) is 5.10 Å². The summed E-state index contributed by atoms with van der Waals surface area (Å²) in [4.78, 5) is 0. The molecule has 0 fully saturated rings. The van der Waals surface area contributed by atoms with E-state index in [-0.39, 0.29) is 0 Å². The lowest BCUT2D eigenvalue weighted by atomic mass is 10.2. The third kappa shape index (κ3) is 4.46. The Bertz CT molecular complexity index is 962. The van der Waals surface area contributed by atoms with Crippen LogP contribution < -0.4 is 10.2 Å². The summed E-state index contributed by atoms with van der Waals surface area (Å²) in [5, 5.41) is 5.74. The van der Waals surface area contributed by atoms with E-state index < -0.39 is 0 Å². The van der Waals surface area contributed by atoms with Gasteiger partial charge in [0.15, 0.2) is 0 Å². The average Bonchev–Trinajstić information content (AvgIpc) is 2.93. The van der Waals surface area contributed by atoms with Gasteiger partial charge in [-0.1, -0.05) is 35.3 Å². The summed E-state index contributed by atoms with van der Waals surface area (Å²) in [7, 11) is 1.66. The Hall–Kier alpha value is -2.43. The van der Waals surface area contributed by atoms with Crippen LogP contribution >= 0.6 is 23.2 Å². The van der Waals surface area contributed by atoms with Gasteiger partial charge >= 0.3 is 0 Å². The molecule has 0 aliphatic rings. The summed E-state index contributed by atoms with van der Waals surface area (Å²) in [6.07, 6.45) is 1.83. The second-order valence-electron chi connectivity index (χ2n) is 6.20. The molecule has 6 heteroatoms. The highest BCUT2D eigenvalue weighted by molar-refractivity contribution is 6.31. The summed E-state index contributed by atoms with van der Waals surface area (Å²) in [5.41, 5.74) is 8.26. The van der Waals surface area contributed by atoms with Gasteiger partial charge in [0, 0.05) is 27.0 Å². The van der Waals surface area contributed by atoms with Crippen molar-refractivity contribution in [1.82, 2.24) is 9.99 Å². The molecule has 0 saturated carbocycles. The van der Waals surface area contributed by atoms with Crippen LogP contribution in [0.3, 0.4) is 0 Å². The predicted molar refractivity (Wildman–Crippen MR) is 113 cm³/mol. The normalized spacial score (nSPS) is 11.1. The largest absolute Gasteiger partial charge is 0.495 e. The first-order chi connectivity index (χ1) is 13.0. The molecule has 140 valence electrons. The number of hydrogen-bond acceptors (Lipinski definition) is 3. The molecule has 2 aromatic carbocycles. The SMILES string of the molecule is COc1ccc(Cl)cc1-n1c(C)cc(/C=N\NCc2ccc(Cl)cc2)c1C. The third-order valence-electron chi connectivity index (χ3n) is 4.34. The second-order valence-corrected chi connectivity index (χ2v) is 7.07. The monoisotopic (exact) mass is 401 g/mol. The number of hydrazone groups is 1. The molecule has 27 heavy (non-hydrogen) atoms. The lowest BCUT2D eigenvalue weighted by molar-refractivity contribution is 0.412. The topological polar surface area (TPSA) is 38.5 Å². The highest BCUT2D eigenvalue weighted by atomic mass is 35.5. The maximum absolute atomic E-state index is 6.19. The fraction of sp³-hybridized carbons (Fsp3) is 0.190. The summed E-state index contributed by atoms with van der Waals surface area (Å²) in [6, 6.07) is 15.4. The maximum Gasteiger partial charge on any atom is 0.142 e. The molecule has 0 radical (unpaired) electrons. The van der Waals surface area contributed by atoms with E-state index in [9.17, 15) is 0 Å². The second kappa shape index (κ2) is 8.51. The van der Waals surface area contributed by atoms with Gasteiger partial charge in [0.2, 0.25) is 0 Å². The zero-order valence-corrected chi connectivity index (χ0v) is 17.0. The molecule has 0 atom stereocenters. The molecule has 0 spiro atoms. The predicted octanol–water partition coefficient (Wildman–Crippen LogP) is 5.53. The fourth-order valence-corrected chi connectivity index (χ4v) is 3.27. The molecule has 0 saturated heterocycles. The van der Waals surface area contributed by atoms with Crippen molar-refractivity contribution < 1.29 is 4.74 Å². The van der Waals surface area contributed by atoms with Crippen molar-refractivity contribution in [2.75, 3.05) is 7.11 Å². The van der Waals surface area contributed by atoms with E-state index in [4.69, 9.17) is 27.9 Å². The van der Waals surface area contributed by atoms with Crippen LogP contribution in [0.25, 0.3) is 5.69 Å². The van der Waals surface area contributed by atoms with Crippen molar-refractivity contribution in [3.05, 3.63) is 81.1 Å². The van der Waals surface area contributed by atoms with Crippen LogP contribution in [0, 0.1) is 13.8 Å². The quantitative estimate of drug-likeness (QED) is 0.435. The molecule has 3 rings (SSSR count). The average molecular weight is 402 g/mol. The number of halogens is 2. The molecule has 0 unspecified atom stereocenters. The van der Waals surface area contributed by atoms with E-state index in [1.165, 1.54) is 0 Å². The molecule has 0 aliphatic heterocycles. The van der Waals surface area contributed by atoms with Crippen LogP contribution in [0.1, 0.15) is 22.5 Å². The summed E-state index contributed by atoms with van der Waals surface area (Å²) in [5.74, 6) is 0.769. The molecule has 0 amide bonds. The van der Waals surface area contributed by atoms with Gasteiger partial charge in [-0.3, -0.25) is 0 Å². The van der Waals surface area contributed by atoms with E-state index in [1.54, 1.807) is 7.11 Å². The van der Waals surface area contributed by atoms with Crippen molar-refractivity contribution in [1.29, 1.82) is 0 Å². The first kappa shape index (κ1) is 19.3. The van der Waals surface area contributed by atoms with E-state index in [0.717, 1.165) is 39.0 Å². The number of aromatic nitrogens is 1. The molecule has 1 aromatic heterocycles. The van der Waals surface area contributed by atoms with Crippen LogP contribution in [0.5, 0.6) is 5.75 Å². The van der Waals surface area contributed by atoms with Gasteiger partial charge in [0.05, 0.1) is 25.6 Å². The van der Waals surface area contributed by atoms with Crippen LogP contribution in [0.15, 0.2) is 53.6 Å². The van der Waals surface area contributed by atoms with Crippen LogP contribution in [0.4, 0.5) is 0 Å². The Morgan fingerprint density at radius 2 is 1.74 bits per heavy atom. The smallest absolute Gasteiger partial charge is 0.142 e. The highest BCUT2D eigenvalue weighted by Gasteiger charge is 2.13. The van der Waals surface area contributed by atoms with Crippen LogP contribution in [-0.4, -0.2) is 17.9 Å². The number of benzene rings is 2. The Morgan fingerprint density at radius 1 is 1.04 bits per heavy atom. The van der Waals surface area contributed by atoms with Gasteiger partial charge in [0.25, 0.3) is 0 Å². The van der Waals surface area contributed by atoms with Crippen molar-refractivity contribution in [3.8, 4) is 11.4 Å². The van der Waals surface area contributed by atoms with Crippen molar-refractivity contribution in [2.45, 2.75) is 20.4 Å². The van der Waals surface area contributed by atoms with Crippen molar-refractivity contribution in [3.63, 3.8) is 0 Å². The molecular weight excluding hydrogens is 381 g/mol. The first-order valence-electron chi connectivity index (χ1n) is 8.53. The number of hydrogen-bond donors (Lipinski definition) is 1. The molecule has 4 nitrogen and oxygen atoms in total. The molecular formula is C21H21Cl2N3O. The lowest BCUT2D eigenvalue weighted by Crippen LogP contribution is -2.06. The minimum Gasteiger partial charge on any atom is -0.495 e. The Morgan fingerprint density at radius 3 is 2.44 bits per heavy atom. The van der Waals surface area contributed by atoms with E-state index >= 15 is 0 Å². The standard InChI is InChI=1S/C21H21Cl2N3O/c1-14-10-17(13-25-24-12-16-4-6-18(22)7-5-16)15(2)26(14)20-11-19(23)8-9-21(20)27-3/h4-11,13,24H,12H2,1-3H3/b25-13-. The summed E-state index contributed by atoms with van der Waals surface area (Å²) in [6.45, 7) is 4.73. The zero-order valence-electron chi connectivity index (χ0n) is 15.5. The number of nitrogens with one attached hydrogen (secondary N) is 1. The maximum atomic E-state index is 6.19. The molecule has 0 bridgehead atoms. The highest BCUT2D eigenvalue weighted by Crippen LogP contribution is 2.30. The van der Waals surface area contributed by atoms with Gasteiger partial charge < -0.3 is 14.7 Å². The van der Waals surface area contributed by atoms with Gasteiger partial charge in [-0.25, -0.2) is 0 Å². The lowest BCUT2D eigenvalue weighted by Gasteiger charge is -2.14. The number of aryl methyl sites for hydroxylation is 1.